The molecule has 0 radical (unpaired) electrons. The number of aromatic nitrogens is 2. The van der Waals surface area contributed by atoms with Gasteiger partial charge in [-0.2, -0.15) is 0 Å². The van der Waals surface area contributed by atoms with Crippen molar-refractivity contribution in [2.24, 2.45) is 5.73 Å². The van der Waals surface area contributed by atoms with E-state index in [0.29, 0.717) is 51.4 Å². The van der Waals surface area contributed by atoms with Crippen LogP contribution >= 0.6 is 11.6 Å². The Hall–Kier alpha value is -2.32. The number of hydrogen-bond acceptors (Lipinski definition) is 5. The molecule has 190 valence electrons. The van der Waals surface area contributed by atoms with Crippen molar-refractivity contribution in [1.82, 2.24) is 14.9 Å². The van der Waals surface area contributed by atoms with E-state index in [2.05, 4.69) is 21.8 Å². The van der Waals surface area contributed by atoms with Gasteiger partial charge in [0.15, 0.2) is 0 Å². The molecule has 1 aromatic carbocycles. The standard InChI is InChI=1S/C26H34ClF2N5O/c1-16-6-7-22-23(16)24(32-15-31-22)33-9-11-34(12-10-33)25(35)17(5-4-8-26(2,3)30)18-13-21(29)19(27)14-20(18)28/h13-17H,4-12,30H2,1-3H3. The Morgan fingerprint density at radius 1 is 1.20 bits per heavy atom. The van der Waals surface area contributed by atoms with Crippen molar-refractivity contribution in [3.05, 3.63) is 51.9 Å². The SMILES string of the molecule is CC1CCc2ncnc(N3CCN(C(=O)C(CCCC(C)(C)N)c4cc(F)c(Cl)cc4F)CC3)c21. The van der Waals surface area contributed by atoms with E-state index in [1.165, 1.54) is 5.56 Å². The molecule has 6 nitrogen and oxygen atoms in total. The highest BCUT2D eigenvalue weighted by molar-refractivity contribution is 6.30. The molecule has 0 bridgehead atoms. The van der Waals surface area contributed by atoms with Gasteiger partial charge in [-0.25, -0.2) is 18.7 Å². The molecule has 2 aromatic rings. The van der Waals surface area contributed by atoms with Gasteiger partial charge in [0, 0.05) is 48.5 Å². The average molecular weight is 506 g/mol. The predicted octanol–water partition coefficient (Wildman–Crippen LogP) is 4.80. The lowest BCUT2D eigenvalue weighted by molar-refractivity contribution is -0.133. The van der Waals surface area contributed by atoms with Crippen molar-refractivity contribution in [2.45, 2.75) is 70.3 Å². The zero-order valence-corrected chi connectivity index (χ0v) is 21.4. The number of amides is 1. The first-order valence-corrected chi connectivity index (χ1v) is 12.7. The average Bonchev–Trinajstić information content (AvgIpc) is 3.19. The molecule has 2 heterocycles. The molecule has 2 unspecified atom stereocenters. The molecule has 1 saturated heterocycles. The van der Waals surface area contributed by atoms with E-state index in [0.717, 1.165) is 36.5 Å². The molecule has 1 fully saturated rings. The van der Waals surface area contributed by atoms with E-state index >= 15 is 0 Å². The van der Waals surface area contributed by atoms with Gasteiger partial charge in [-0.3, -0.25) is 4.79 Å². The van der Waals surface area contributed by atoms with Crippen LogP contribution in [0.25, 0.3) is 0 Å². The van der Waals surface area contributed by atoms with Crippen LogP contribution in [0, 0.1) is 11.6 Å². The number of halogens is 3. The number of carbonyl (C=O) groups excluding carboxylic acids is 1. The Bertz CT molecular complexity index is 1080. The number of nitrogens with two attached hydrogens (primary N) is 1. The Morgan fingerprint density at radius 3 is 2.60 bits per heavy atom. The lowest BCUT2D eigenvalue weighted by Gasteiger charge is -2.38. The fourth-order valence-corrected chi connectivity index (χ4v) is 5.36. The second kappa shape index (κ2) is 10.3. The van der Waals surface area contributed by atoms with Crippen LogP contribution in [-0.2, 0) is 11.2 Å². The maximum atomic E-state index is 14.8. The Morgan fingerprint density at radius 2 is 1.91 bits per heavy atom. The highest BCUT2D eigenvalue weighted by Gasteiger charge is 2.33. The van der Waals surface area contributed by atoms with Crippen molar-refractivity contribution in [3.63, 3.8) is 0 Å². The zero-order chi connectivity index (χ0) is 25.3. The maximum Gasteiger partial charge on any atom is 0.230 e. The molecule has 1 aliphatic heterocycles. The molecule has 2 atom stereocenters. The van der Waals surface area contributed by atoms with Crippen LogP contribution < -0.4 is 10.6 Å². The van der Waals surface area contributed by atoms with Crippen LogP contribution in [0.5, 0.6) is 0 Å². The minimum Gasteiger partial charge on any atom is -0.353 e. The molecule has 35 heavy (non-hydrogen) atoms. The summed E-state index contributed by atoms with van der Waals surface area (Å²) in [6.45, 7) is 8.26. The molecule has 2 aliphatic rings. The number of carbonyl (C=O) groups is 1. The fourth-order valence-electron chi connectivity index (χ4n) is 5.21. The zero-order valence-electron chi connectivity index (χ0n) is 20.7. The fraction of sp³-hybridized carbons (Fsp3) is 0.577. The summed E-state index contributed by atoms with van der Waals surface area (Å²) in [5.74, 6) is -0.998. The first kappa shape index (κ1) is 25.8. The predicted molar refractivity (Wildman–Crippen MR) is 134 cm³/mol. The molecular weight excluding hydrogens is 472 g/mol. The van der Waals surface area contributed by atoms with E-state index in [-0.39, 0.29) is 16.5 Å². The normalized spacial score (nSPS) is 19.1. The number of anilines is 1. The van der Waals surface area contributed by atoms with Crippen molar-refractivity contribution < 1.29 is 13.6 Å². The van der Waals surface area contributed by atoms with Gasteiger partial charge in [-0.05, 0) is 57.6 Å². The Labute approximate surface area is 210 Å². The molecule has 1 aliphatic carbocycles. The number of benzene rings is 1. The third-order valence-corrected chi connectivity index (χ3v) is 7.46. The van der Waals surface area contributed by atoms with Crippen LogP contribution in [-0.4, -0.2) is 52.5 Å². The number of aryl methyl sites for hydroxylation is 1. The lowest BCUT2D eigenvalue weighted by Crippen LogP contribution is -2.50. The molecule has 2 N–H and O–H groups in total. The largest absolute Gasteiger partial charge is 0.353 e. The summed E-state index contributed by atoms with van der Waals surface area (Å²) in [5, 5.41) is -0.291. The van der Waals surface area contributed by atoms with Crippen molar-refractivity contribution in [3.8, 4) is 0 Å². The first-order chi connectivity index (χ1) is 16.5. The molecule has 4 rings (SSSR count). The van der Waals surface area contributed by atoms with E-state index in [4.69, 9.17) is 17.3 Å². The topological polar surface area (TPSA) is 75.4 Å². The van der Waals surface area contributed by atoms with Gasteiger partial charge in [0.1, 0.15) is 23.8 Å². The van der Waals surface area contributed by atoms with Crippen molar-refractivity contribution >= 4 is 23.3 Å². The highest BCUT2D eigenvalue weighted by Crippen LogP contribution is 2.37. The van der Waals surface area contributed by atoms with Gasteiger partial charge >= 0.3 is 0 Å². The van der Waals surface area contributed by atoms with Gasteiger partial charge in [0.25, 0.3) is 0 Å². The summed E-state index contributed by atoms with van der Waals surface area (Å²) < 4.78 is 29.1. The third-order valence-electron chi connectivity index (χ3n) is 7.17. The molecule has 1 amide bonds. The number of nitrogens with zero attached hydrogens (tertiary/aromatic N) is 4. The minimum absolute atomic E-state index is 0.0524. The van der Waals surface area contributed by atoms with E-state index in [1.54, 1.807) is 11.2 Å². The Kier molecular flexibility index (Phi) is 7.62. The maximum absolute atomic E-state index is 14.8. The smallest absolute Gasteiger partial charge is 0.230 e. The molecule has 0 spiro atoms. The van der Waals surface area contributed by atoms with E-state index in [9.17, 15) is 13.6 Å². The molecular formula is C26H34ClF2N5O. The minimum atomic E-state index is -0.793. The second-order valence-corrected chi connectivity index (χ2v) is 10.9. The van der Waals surface area contributed by atoms with Gasteiger partial charge in [0.05, 0.1) is 10.9 Å². The van der Waals surface area contributed by atoms with Gasteiger partial charge < -0.3 is 15.5 Å². The number of hydrogen-bond donors (Lipinski definition) is 1. The number of piperazine rings is 1. The lowest BCUT2D eigenvalue weighted by atomic mass is 9.88. The van der Waals surface area contributed by atoms with Gasteiger partial charge in [-0.15, -0.1) is 0 Å². The van der Waals surface area contributed by atoms with Crippen LogP contribution in [0.2, 0.25) is 5.02 Å². The monoisotopic (exact) mass is 505 g/mol. The summed E-state index contributed by atoms with van der Waals surface area (Å²) in [5.41, 5.74) is 8.09. The number of rotatable bonds is 7. The Balaban J connectivity index is 1.50. The van der Waals surface area contributed by atoms with E-state index in [1.807, 2.05) is 13.8 Å². The molecule has 0 saturated carbocycles. The van der Waals surface area contributed by atoms with Crippen LogP contribution in [0.3, 0.4) is 0 Å². The van der Waals surface area contributed by atoms with Crippen molar-refractivity contribution in [2.75, 3.05) is 31.1 Å². The summed E-state index contributed by atoms with van der Waals surface area (Å²) in [6, 6.07) is 2.02. The quantitative estimate of drug-likeness (QED) is 0.547. The molecule has 1 aromatic heterocycles. The van der Waals surface area contributed by atoms with Gasteiger partial charge in [-0.1, -0.05) is 24.9 Å². The van der Waals surface area contributed by atoms with E-state index < -0.39 is 23.1 Å². The highest BCUT2D eigenvalue weighted by atomic mass is 35.5. The summed E-state index contributed by atoms with van der Waals surface area (Å²) in [4.78, 5) is 26.6. The summed E-state index contributed by atoms with van der Waals surface area (Å²) >= 11 is 5.77. The first-order valence-electron chi connectivity index (χ1n) is 12.4. The molecule has 9 heteroatoms. The third kappa shape index (κ3) is 5.75. The second-order valence-electron chi connectivity index (χ2n) is 10.5. The van der Waals surface area contributed by atoms with Crippen LogP contribution in [0.4, 0.5) is 14.6 Å². The van der Waals surface area contributed by atoms with Gasteiger partial charge in [0.2, 0.25) is 5.91 Å². The summed E-state index contributed by atoms with van der Waals surface area (Å²) in [6.07, 6.45) is 5.33. The van der Waals surface area contributed by atoms with Crippen molar-refractivity contribution in [1.29, 1.82) is 0 Å². The van der Waals surface area contributed by atoms with Crippen LogP contribution in [0.1, 0.15) is 75.1 Å². The van der Waals surface area contributed by atoms with Crippen LogP contribution in [0.15, 0.2) is 18.5 Å². The summed E-state index contributed by atoms with van der Waals surface area (Å²) in [7, 11) is 0. The number of fused-ring (bicyclic) bond motifs is 1.